The molecule has 0 fully saturated rings. The van der Waals surface area contributed by atoms with Crippen LogP contribution in [-0.4, -0.2) is 9.97 Å². The van der Waals surface area contributed by atoms with Crippen LogP contribution in [0.15, 0.2) is 12.4 Å². The van der Waals surface area contributed by atoms with Crippen molar-refractivity contribution in [3.63, 3.8) is 0 Å². The second-order valence-electron chi connectivity index (χ2n) is 5.49. The molecular formula is C13H18N2S. The monoisotopic (exact) mass is 234 g/mol. The Balaban J connectivity index is 2.68. The predicted molar refractivity (Wildman–Crippen MR) is 70.2 cm³/mol. The van der Waals surface area contributed by atoms with E-state index in [1.807, 2.05) is 0 Å². The summed E-state index contributed by atoms with van der Waals surface area (Å²) in [5, 5.41) is 1.23. The van der Waals surface area contributed by atoms with Crippen molar-refractivity contribution >= 4 is 21.6 Å². The van der Waals surface area contributed by atoms with Crippen molar-refractivity contribution in [2.24, 2.45) is 0 Å². The van der Waals surface area contributed by atoms with Crippen LogP contribution in [-0.2, 0) is 5.41 Å². The quantitative estimate of drug-likeness (QED) is 0.742. The standard InChI is InChI=1S/C13H18N2S/c1-8(2)10-6-9-11(13(3,4)5)14-7-15-12(9)16-10/h6-8H,1-5H3. The van der Waals surface area contributed by atoms with Crippen molar-refractivity contribution in [1.82, 2.24) is 9.97 Å². The molecule has 0 amide bonds. The van der Waals surface area contributed by atoms with E-state index in [0.29, 0.717) is 5.92 Å². The summed E-state index contributed by atoms with van der Waals surface area (Å²) in [7, 11) is 0. The number of nitrogens with zero attached hydrogens (tertiary/aromatic N) is 2. The Labute approximate surface area is 101 Å². The summed E-state index contributed by atoms with van der Waals surface area (Å²) >= 11 is 1.78. The Kier molecular flexibility index (Phi) is 2.74. The van der Waals surface area contributed by atoms with Crippen LogP contribution < -0.4 is 0 Å². The SMILES string of the molecule is CC(C)c1cc2c(C(C)(C)C)ncnc2s1. The summed E-state index contributed by atoms with van der Waals surface area (Å²) < 4.78 is 0. The van der Waals surface area contributed by atoms with Gasteiger partial charge in [-0.25, -0.2) is 9.97 Å². The topological polar surface area (TPSA) is 25.8 Å². The molecule has 0 aliphatic carbocycles. The summed E-state index contributed by atoms with van der Waals surface area (Å²) in [6, 6.07) is 2.26. The molecule has 2 aromatic rings. The van der Waals surface area contributed by atoms with E-state index in [4.69, 9.17) is 0 Å². The fourth-order valence-electron chi connectivity index (χ4n) is 1.76. The van der Waals surface area contributed by atoms with Crippen molar-refractivity contribution in [1.29, 1.82) is 0 Å². The lowest BCUT2D eigenvalue weighted by Crippen LogP contribution is -2.13. The summed E-state index contributed by atoms with van der Waals surface area (Å²) in [6.45, 7) is 11.0. The fraction of sp³-hybridized carbons (Fsp3) is 0.538. The van der Waals surface area contributed by atoms with Crippen LogP contribution in [0.25, 0.3) is 10.2 Å². The lowest BCUT2D eigenvalue weighted by molar-refractivity contribution is 0.574. The van der Waals surface area contributed by atoms with E-state index >= 15 is 0 Å². The zero-order valence-electron chi connectivity index (χ0n) is 10.5. The van der Waals surface area contributed by atoms with Gasteiger partial charge in [0.2, 0.25) is 0 Å². The summed E-state index contributed by atoms with van der Waals surface area (Å²) in [5.74, 6) is 0.562. The highest BCUT2D eigenvalue weighted by Gasteiger charge is 2.20. The molecule has 0 saturated heterocycles. The number of hydrogen-bond acceptors (Lipinski definition) is 3. The van der Waals surface area contributed by atoms with Crippen LogP contribution in [0.4, 0.5) is 0 Å². The van der Waals surface area contributed by atoms with Gasteiger partial charge < -0.3 is 0 Å². The molecule has 16 heavy (non-hydrogen) atoms. The molecule has 0 radical (unpaired) electrons. The number of thiophene rings is 1. The van der Waals surface area contributed by atoms with Crippen LogP contribution in [0, 0.1) is 0 Å². The van der Waals surface area contributed by atoms with Gasteiger partial charge in [0, 0.05) is 15.7 Å². The molecule has 0 spiro atoms. The molecule has 0 N–H and O–H groups in total. The number of rotatable bonds is 1. The van der Waals surface area contributed by atoms with E-state index in [0.717, 1.165) is 10.5 Å². The van der Waals surface area contributed by atoms with Crippen LogP contribution in [0.3, 0.4) is 0 Å². The second-order valence-corrected chi connectivity index (χ2v) is 6.56. The highest BCUT2D eigenvalue weighted by molar-refractivity contribution is 7.18. The maximum absolute atomic E-state index is 4.45. The number of hydrogen-bond donors (Lipinski definition) is 0. The van der Waals surface area contributed by atoms with Crippen LogP contribution in [0.1, 0.15) is 51.1 Å². The van der Waals surface area contributed by atoms with E-state index in [2.05, 4.69) is 50.7 Å². The molecule has 0 bridgehead atoms. The Hall–Kier alpha value is -0.960. The van der Waals surface area contributed by atoms with Crippen molar-refractivity contribution in [2.75, 3.05) is 0 Å². The van der Waals surface area contributed by atoms with Crippen molar-refractivity contribution in [2.45, 2.75) is 46.0 Å². The second kappa shape index (κ2) is 3.81. The molecule has 2 heterocycles. The van der Waals surface area contributed by atoms with Gasteiger partial charge >= 0.3 is 0 Å². The average Bonchev–Trinajstić information content (AvgIpc) is 2.58. The first-order valence-corrected chi connectivity index (χ1v) is 6.46. The maximum Gasteiger partial charge on any atom is 0.127 e. The largest absolute Gasteiger partial charge is 0.240 e. The summed E-state index contributed by atoms with van der Waals surface area (Å²) in [5.41, 5.74) is 1.23. The Morgan fingerprint density at radius 2 is 1.88 bits per heavy atom. The zero-order chi connectivity index (χ0) is 11.9. The van der Waals surface area contributed by atoms with Gasteiger partial charge in [-0.1, -0.05) is 34.6 Å². The van der Waals surface area contributed by atoms with Gasteiger partial charge in [0.1, 0.15) is 11.2 Å². The molecule has 2 nitrogen and oxygen atoms in total. The highest BCUT2D eigenvalue weighted by Crippen LogP contribution is 2.34. The Morgan fingerprint density at radius 3 is 2.44 bits per heavy atom. The van der Waals surface area contributed by atoms with E-state index in [9.17, 15) is 0 Å². The molecule has 0 unspecified atom stereocenters. The third-order valence-electron chi connectivity index (χ3n) is 2.63. The predicted octanol–water partition coefficient (Wildman–Crippen LogP) is 4.11. The molecule has 2 aromatic heterocycles. The van der Waals surface area contributed by atoms with Crippen LogP contribution in [0.2, 0.25) is 0 Å². The maximum atomic E-state index is 4.45. The molecule has 0 aliphatic rings. The van der Waals surface area contributed by atoms with Crippen molar-refractivity contribution < 1.29 is 0 Å². The Morgan fingerprint density at radius 1 is 1.19 bits per heavy atom. The molecule has 3 heteroatoms. The third kappa shape index (κ3) is 1.96. The lowest BCUT2D eigenvalue weighted by atomic mass is 9.90. The minimum atomic E-state index is 0.0799. The van der Waals surface area contributed by atoms with Gasteiger partial charge in [0.25, 0.3) is 0 Å². The molecule has 2 rings (SSSR count). The van der Waals surface area contributed by atoms with Crippen molar-refractivity contribution in [3.05, 3.63) is 23.0 Å². The first kappa shape index (κ1) is 11.5. The first-order valence-electron chi connectivity index (χ1n) is 5.64. The van der Waals surface area contributed by atoms with E-state index < -0.39 is 0 Å². The highest BCUT2D eigenvalue weighted by atomic mass is 32.1. The van der Waals surface area contributed by atoms with Crippen molar-refractivity contribution in [3.8, 4) is 0 Å². The van der Waals surface area contributed by atoms with Gasteiger partial charge in [0.05, 0.1) is 5.69 Å². The Bertz CT molecular complexity index is 506. The average molecular weight is 234 g/mol. The van der Waals surface area contributed by atoms with Gasteiger partial charge in [-0.05, 0) is 12.0 Å². The first-order chi connectivity index (χ1) is 7.39. The summed E-state index contributed by atoms with van der Waals surface area (Å²) in [4.78, 5) is 11.3. The lowest BCUT2D eigenvalue weighted by Gasteiger charge is -2.17. The van der Waals surface area contributed by atoms with Gasteiger partial charge in [0.15, 0.2) is 0 Å². The normalized spacial score (nSPS) is 12.6. The molecule has 0 aliphatic heterocycles. The zero-order valence-corrected chi connectivity index (χ0v) is 11.4. The molecular weight excluding hydrogens is 216 g/mol. The molecule has 86 valence electrons. The molecule has 0 aromatic carbocycles. The van der Waals surface area contributed by atoms with E-state index in [1.54, 1.807) is 17.7 Å². The molecule has 0 saturated carbocycles. The third-order valence-corrected chi connectivity index (χ3v) is 3.97. The van der Waals surface area contributed by atoms with Crippen LogP contribution in [0.5, 0.6) is 0 Å². The van der Waals surface area contributed by atoms with E-state index in [-0.39, 0.29) is 5.41 Å². The van der Waals surface area contributed by atoms with Gasteiger partial charge in [-0.2, -0.15) is 0 Å². The van der Waals surface area contributed by atoms with E-state index in [1.165, 1.54) is 10.3 Å². The minimum Gasteiger partial charge on any atom is -0.240 e. The minimum absolute atomic E-state index is 0.0799. The van der Waals surface area contributed by atoms with Gasteiger partial charge in [-0.15, -0.1) is 11.3 Å². The molecule has 0 atom stereocenters. The summed E-state index contributed by atoms with van der Waals surface area (Å²) in [6.07, 6.45) is 1.68. The number of fused-ring (bicyclic) bond motifs is 1. The van der Waals surface area contributed by atoms with Crippen LogP contribution >= 0.6 is 11.3 Å². The smallest absolute Gasteiger partial charge is 0.127 e. The number of aromatic nitrogens is 2. The van der Waals surface area contributed by atoms with Gasteiger partial charge in [-0.3, -0.25) is 0 Å². The fourth-order valence-corrected chi connectivity index (χ4v) is 2.76.